The van der Waals surface area contributed by atoms with Crippen LogP contribution in [0.3, 0.4) is 0 Å². The van der Waals surface area contributed by atoms with Gasteiger partial charge in [-0.1, -0.05) is 12.8 Å². The van der Waals surface area contributed by atoms with Gasteiger partial charge in [-0.2, -0.15) is 0 Å². The summed E-state index contributed by atoms with van der Waals surface area (Å²) in [6.07, 6.45) is 4.65. The number of methoxy groups -OCH3 is 1. The molecule has 0 saturated heterocycles. The maximum absolute atomic E-state index is 12.3. The van der Waals surface area contributed by atoms with E-state index in [-0.39, 0.29) is 17.4 Å². The number of carboxylic acid groups (broad SMARTS) is 1. The Morgan fingerprint density at radius 2 is 1.90 bits per heavy atom. The highest BCUT2D eigenvalue weighted by atomic mass is 16.5. The zero-order valence-electron chi connectivity index (χ0n) is 12.0. The fourth-order valence-corrected chi connectivity index (χ4v) is 3.53. The van der Waals surface area contributed by atoms with Crippen LogP contribution in [0.25, 0.3) is 0 Å². The lowest BCUT2D eigenvalue weighted by atomic mass is 10.0. The summed E-state index contributed by atoms with van der Waals surface area (Å²) in [6.45, 7) is 0. The zero-order chi connectivity index (χ0) is 15.0. The van der Waals surface area contributed by atoms with Crippen molar-refractivity contribution in [1.29, 1.82) is 0 Å². The first-order chi connectivity index (χ1) is 10.1. The second-order valence-electron chi connectivity index (χ2n) is 5.84. The lowest BCUT2D eigenvalue weighted by molar-refractivity contribution is -0.117. The Morgan fingerprint density at radius 3 is 2.48 bits per heavy atom. The average molecular weight is 289 g/mol. The monoisotopic (exact) mass is 289 g/mol. The molecule has 0 bridgehead atoms. The minimum Gasteiger partial charge on any atom is -0.497 e. The highest BCUT2D eigenvalue weighted by Gasteiger charge is 2.54. The number of hydrogen-bond donors (Lipinski definition) is 2. The second kappa shape index (κ2) is 5.39. The molecule has 2 atom stereocenters. The number of carbonyl (C=O) groups excluding carboxylic acids is 1. The van der Waals surface area contributed by atoms with E-state index >= 15 is 0 Å². The van der Waals surface area contributed by atoms with Gasteiger partial charge in [-0.05, 0) is 42.9 Å². The van der Waals surface area contributed by atoms with Crippen LogP contribution in [0.5, 0.6) is 5.75 Å². The van der Waals surface area contributed by atoms with Gasteiger partial charge in [0.1, 0.15) is 5.75 Å². The number of ether oxygens (including phenoxy) is 1. The van der Waals surface area contributed by atoms with Crippen molar-refractivity contribution < 1.29 is 19.4 Å². The van der Waals surface area contributed by atoms with Crippen LogP contribution in [0.1, 0.15) is 36.0 Å². The summed E-state index contributed by atoms with van der Waals surface area (Å²) in [6, 6.07) is 4.67. The Balaban J connectivity index is 1.75. The first-order valence-electron chi connectivity index (χ1n) is 7.34. The van der Waals surface area contributed by atoms with Gasteiger partial charge >= 0.3 is 5.97 Å². The number of nitrogens with one attached hydrogen (secondary N) is 1. The van der Waals surface area contributed by atoms with Crippen molar-refractivity contribution in [3.63, 3.8) is 0 Å². The molecule has 0 spiro atoms. The van der Waals surface area contributed by atoms with E-state index in [9.17, 15) is 14.7 Å². The molecule has 0 aromatic heterocycles. The quantitative estimate of drug-likeness (QED) is 0.893. The number of hydrogen-bond acceptors (Lipinski definition) is 3. The summed E-state index contributed by atoms with van der Waals surface area (Å²) in [5, 5.41) is 12.0. The van der Waals surface area contributed by atoms with Crippen LogP contribution < -0.4 is 10.1 Å². The third kappa shape index (κ3) is 2.60. The lowest BCUT2D eigenvalue weighted by Crippen LogP contribution is -2.17. The minimum absolute atomic E-state index is 0.0421. The van der Waals surface area contributed by atoms with Crippen molar-refractivity contribution in [2.45, 2.75) is 25.7 Å². The zero-order valence-corrected chi connectivity index (χ0v) is 12.0. The molecule has 5 heteroatoms. The maximum atomic E-state index is 12.3. The van der Waals surface area contributed by atoms with E-state index in [1.807, 2.05) is 0 Å². The van der Waals surface area contributed by atoms with E-state index in [0.717, 1.165) is 12.8 Å². The molecule has 0 heterocycles. The molecule has 0 radical (unpaired) electrons. The van der Waals surface area contributed by atoms with Crippen molar-refractivity contribution in [3.8, 4) is 5.75 Å². The molecule has 2 aliphatic rings. The van der Waals surface area contributed by atoms with Gasteiger partial charge in [0.05, 0.1) is 18.4 Å². The van der Waals surface area contributed by atoms with Crippen LogP contribution in [0.4, 0.5) is 5.69 Å². The second-order valence-corrected chi connectivity index (χ2v) is 5.84. The topological polar surface area (TPSA) is 75.6 Å². The van der Waals surface area contributed by atoms with E-state index < -0.39 is 5.97 Å². The van der Waals surface area contributed by atoms with Gasteiger partial charge in [0.25, 0.3) is 0 Å². The lowest BCUT2D eigenvalue weighted by Gasteiger charge is -2.10. The first kappa shape index (κ1) is 13.9. The molecular weight excluding hydrogens is 270 g/mol. The molecule has 5 nitrogen and oxygen atoms in total. The Bertz CT molecular complexity index is 572. The molecule has 1 amide bonds. The molecule has 2 fully saturated rings. The SMILES string of the molecule is COc1ccc(NC(=O)C2C3CCCCC32)c(C(=O)O)c1. The van der Waals surface area contributed by atoms with Gasteiger partial charge in [-0.3, -0.25) is 4.79 Å². The number of carboxylic acids is 1. The predicted octanol–water partition coefficient (Wildman–Crippen LogP) is 2.77. The summed E-state index contributed by atoms with van der Waals surface area (Å²) in [7, 11) is 1.48. The van der Waals surface area contributed by atoms with E-state index in [1.54, 1.807) is 12.1 Å². The van der Waals surface area contributed by atoms with Gasteiger partial charge in [-0.25, -0.2) is 4.79 Å². The van der Waals surface area contributed by atoms with Crippen molar-refractivity contribution in [3.05, 3.63) is 23.8 Å². The van der Waals surface area contributed by atoms with Crippen molar-refractivity contribution in [2.24, 2.45) is 17.8 Å². The smallest absolute Gasteiger partial charge is 0.337 e. The fourth-order valence-electron chi connectivity index (χ4n) is 3.53. The van der Waals surface area contributed by atoms with E-state index in [0.29, 0.717) is 23.3 Å². The molecule has 2 unspecified atom stereocenters. The number of carbonyl (C=O) groups is 2. The Kier molecular flexibility index (Phi) is 3.57. The van der Waals surface area contributed by atoms with Crippen molar-refractivity contribution in [2.75, 3.05) is 12.4 Å². The standard InChI is InChI=1S/C16H19NO4/c1-21-9-6-7-13(12(8-9)16(19)20)17-15(18)14-10-4-2-3-5-11(10)14/h6-8,10-11,14H,2-5H2,1H3,(H,17,18)(H,19,20). The Labute approximate surface area is 123 Å². The molecule has 2 saturated carbocycles. The number of aromatic carboxylic acids is 1. The number of amides is 1. The molecule has 2 aliphatic carbocycles. The summed E-state index contributed by atoms with van der Waals surface area (Å²) in [4.78, 5) is 23.6. The fraction of sp³-hybridized carbons (Fsp3) is 0.500. The predicted molar refractivity (Wildman–Crippen MR) is 77.5 cm³/mol. The third-order valence-electron chi connectivity index (χ3n) is 4.67. The average Bonchev–Trinajstić information content (AvgIpc) is 3.21. The van der Waals surface area contributed by atoms with Crippen LogP contribution in [0.15, 0.2) is 18.2 Å². The number of fused-ring (bicyclic) bond motifs is 1. The molecule has 2 N–H and O–H groups in total. The Hall–Kier alpha value is -2.04. The van der Waals surface area contributed by atoms with Crippen molar-refractivity contribution in [1.82, 2.24) is 0 Å². The normalized spacial score (nSPS) is 26.6. The van der Waals surface area contributed by atoms with E-state index in [4.69, 9.17) is 4.74 Å². The van der Waals surface area contributed by atoms with Crippen molar-refractivity contribution >= 4 is 17.6 Å². The third-order valence-corrected chi connectivity index (χ3v) is 4.67. The summed E-state index contributed by atoms with van der Waals surface area (Å²) in [5.74, 6) is 0.425. The van der Waals surface area contributed by atoms with Crippen LogP contribution in [0.2, 0.25) is 0 Å². The molecular formula is C16H19NO4. The van der Waals surface area contributed by atoms with Crippen LogP contribution in [-0.4, -0.2) is 24.1 Å². The number of rotatable bonds is 4. The number of anilines is 1. The van der Waals surface area contributed by atoms with Gasteiger partial charge < -0.3 is 15.2 Å². The van der Waals surface area contributed by atoms with Gasteiger partial charge in [0.2, 0.25) is 5.91 Å². The van der Waals surface area contributed by atoms with E-state index in [2.05, 4.69) is 5.32 Å². The molecule has 0 aliphatic heterocycles. The molecule has 1 aromatic carbocycles. The number of benzene rings is 1. The van der Waals surface area contributed by atoms with Gasteiger partial charge in [0.15, 0.2) is 0 Å². The largest absolute Gasteiger partial charge is 0.497 e. The molecule has 21 heavy (non-hydrogen) atoms. The summed E-state index contributed by atoms with van der Waals surface area (Å²) in [5.41, 5.74) is 0.406. The molecule has 3 rings (SSSR count). The molecule has 112 valence electrons. The first-order valence-corrected chi connectivity index (χ1v) is 7.34. The minimum atomic E-state index is -1.07. The van der Waals surface area contributed by atoms with Gasteiger partial charge in [0, 0.05) is 5.92 Å². The summed E-state index contributed by atoms with van der Waals surface area (Å²) >= 11 is 0. The van der Waals surface area contributed by atoms with Crippen LogP contribution in [-0.2, 0) is 4.79 Å². The Morgan fingerprint density at radius 1 is 1.24 bits per heavy atom. The van der Waals surface area contributed by atoms with Crippen LogP contribution in [0, 0.1) is 17.8 Å². The maximum Gasteiger partial charge on any atom is 0.337 e. The highest BCUT2D eigenvalue weighted by molar-refractivity contribution is 6.02. The van der Waals surface area contributed by atoms with Gasteiger partial charge in [-0.15, -0.1) is 0 Å². The highest BCUT2D eigenvalue weighted by Crippen LogP contribution is 2.55. The van der Waals surface area contributed by atoms with Crippen LogP contribution >= 0.6 is 0 Å². The van der Waals surface area contributed by atoms with E-state index in [1.165, 1.54) is 26.0 Å². The summed E-state index contributed by atoms with van der Waals surface area (Å²) < 4.78 is 5.03. The molecule has 1 aromatic rings.